The predicted octanol–water partition coefficient (Wildman–Crippen LogP) is 1.34. The Hall–Kier alpha value is -0.285. The lowest BCUT2D eigenvalue weighted by Crippen LogP contribution is -2.37. The Kier molecular flexibility index (Phi) is 6.02. The van der Waals surface area contributed by atoms with E-state index in [9.17, 15) is 4.79 Å². The Morgan fingerprint density at radius 3 is 2.60 bits per heavy atom. The average molecular weight is 225 g/mol. The molecule has 0 spiro atoms. The Morgan fingerprint density at radius 1 is 1.47 bits per heavy atom. The molecule has 0 saturated heterocycles. The number of nitrogens with one attached hydrogen (secondary N) is 1. The molecule has 0 amide bonds. The monoisotopic (exact) mass is 225 g/mol. The number of carbonyl (C=O) groups is 1. The van der Waals surface area contributed by atoms with Crippen molar-refractivity contribution in [3.05, 3.63) is 0 Å². The highest BCUT2D eigenvalue weighted by molar-refractivity contribution is 8.13. The lowest BCUT2D eigenvalue weighted by atomic mass is 9.83. The molecule has 83 valence electrons. The third-order valence-corrected chi connectivity index (χ3v) is 3.84. The molecular weight excluding hydrogens is 207 g/mol. The van der Waals surface area contributed by atoms with Crippen LogP contribution in [0.4, 0.5) is 0 Å². The molecule has 0 aromatic carbocycles. The normalized spacial score (nSPS) is 27.5. The lowest BCUT2D eigenvalue weighted by Gasteiger charge is -2.29. The van der Waals surface area contributed by atoms with Gasteiger partial charge in [-0.1, -0.05) is 0 Å². The van der Waals surface area contributed by atoms with Crippen LogP contribution < -0.4 is 5.23 Å². The molecule has 5 heteroatoms. The summed E-state index contributed by atoms with van der Waals surface area (Å²) in [6.45, 7) is 0. The van der Waals surface area contributed by atoms with Gasteiger partial charge in [-0.25, -0.2) is 0 Å². The molecule has 1 aliphatic carbocycles. The first-order chi connectivity index (χ1) is 7.31. The predicted molar refractivity (Wildman–Crippen MR) is 68.3 cm³/mol. The minimum atomic E-state index is 0.478. The van der Waals surface area contributed by atoms with Gasteiger partial charge in [0.05, 0.1) is 11.2 Å². The second-order valence-electron chi connectivity index (χ2n) is 3.78. The highest BCUT2D eigenvalue weighted by Gasteiger charge is 2.23. The number of rotatable bonds is 4. The number of carbonyl (C=O) groups excluding carboxylic acids is 1. The second-order valence-corrected chi connectivity index (χ2v) is 4.61. The van der Waals surface area contributed by atoms with Gasteiger partial charge < -0.3 is 10.0 Å². The fourth-order valence-corrected chi connectivity index (χ4v) is 2.87. The molecule has 0 aromatic rings. The molecule has 3 nitrogen and oxygen atoms in total. The summed E-state index contributed by atoms with van der Waals surface area (Å²) in [4.78, 5) is 14.5. The van der Waals surface area contributed by atoms with E-state index in [0.717, 1.165) is 19.0 Å². The van der Waals surface area contributed by atoms with Gasteiger partial charge in [0.25, 0.3) is 7.41 Å². The van der Waals surface area contributed by atoms with Crippen LogP contribution >= 0.6 is 11.8 Å². The van der Waals surface area contributed by atoms with E-state index in [1.807, 2.05) is 7.05 Å². The summed E-state index contributed by atoms with van der Waals surface area (Å²) in [6, 6.07) is 0.478. The minimum Gasteiger partial charge on any atom is -0.351 e. The van der Waals surface area contributed by atoms with Crippen molar-refractivity contribution in [3.8, 4) is 0 Å². The standard InChI is InChI=1S/C10H18BN2OS/c1-12-10(15-2)8-3-5-9(6-4-8)13-11-7-14/h7-9,13H,3-6H2,1-2H3. The molecule has 1 radical (unpaired) electrons. The number of hydrogen-bond donors (Lipinski definition) is 1. The van der Waals surface area contributed by atoms with Crippen molar-refractivity contribution in [1.29, 1.82) is 0 Å². The molecule has 1 rings (SSSR count). The van der Waals surface area contributed by atoms with Gasteiger partial charge in [0, 0.05) is 13.0 Å². The first kappa shape index (κ1) is 12.8. The minimum absolute atomic E-state index is 0.478. The highest BCUT2D eigenvalue weighted by Crippen LogP contribution is 2.28. The summed E-state index contributed by atoms with van der Waals surface area (Å²) < 4.78 is 0. The van der Waals surface area contributed by atoms with Crippen LogP contribution in [-0.4, -0.2) is 38.0 Å². The Morgan fingerprint density at radius 2 is 2.13 bits per heavy atom. The quantitative estimate of drug-likeness (QED) is 0.339. The van der Waals surface area contributed by atoms with E-state index in [4.69, 9.17) is 0 Å². The van der Waals surface area contributed by atoms with Crippen LogP contribution in [0.3, 0.4) is 0 Å². The first-order valence-electron chi connectivity index (χ1n) is 5.35. The fourth-order valence-electron chi connectivity index (χ4n) is 2.12. The van der Waals surface area contributed by atoms with Crippen molar-refractivity contribution in [2.24, 2.45) is 10.9 Å². The van der Waals surface area contributed by atoms with Crippen molar-refractivity contribution in [2.75, 3.05) is 13.3 Å². The molecule has 1 aliphatic rings. The summed E-state index contributed by atoms with van der Waals surface area (Å²) in [5.74, 6) is 0.638. The van der Waals surface area contributed by atoms with Crippen molar-refractivity contribution in [3.63, 3.8) is 0 Å². The molecule has 0 aromatic heterocycles. The fraction of sp³-hybridized carbons (Fsp3) is 0.800. The number of thioether (sulfide) groups is 1. The summed E-state index contributed by atoms with van der Waals surface area (Å²) in [7, 11) is 3.38. The molecule has 1 saturated carbocycles. The Bertz CT molecular complexity index is 227. The van der Waals surface area contributed by atoms with Crippen LogP contribution in [0.15, 0.2) is 4.99 Å². The summed E-state index contributed by atoms with van der Waals surface area (Å²) in [5.41, 5.74) is 0. The van der Waals surface area contributed by atoms with Crippen molar-refractivity contribution >= 4 is 30.4 Å². The van der Waals surface area contributed by atoms with Crippen LogP contribution in [0.25, 0.3) is 0 Å². The van der Waals surface area contributed by atoms with Gasteiger partial charge in [0.15, 0.2) is 0 Å². The molecule has 1 N–H and O–H groups in total. The van der Waals surface area contributed by atoms with Crippen LogP contribution in [0.2, 0.25) is 0 Å². The van der Waals surface area contributed by atoms with E-state index >= 15 is 0 Å². The molecular formula is C10H18BN2OS. The topological polar surface area (TPSA) is 41.5 Å². The molecule has 0 bridgehead atoms. The third kappa shape index (κ3) is 3.99. The van der Waals surface area contributed by atoms with Crippen LogP contribution in [0.5, 0.6) is 0 Å². The number of nitrogens with zero attached hydrogens (tertiary/aromatic N) is 1. The summed E-state index contributed by atoms with van der Waals surface area (Å²) in [6.07, 6.45) is 7.53. The van der Waals surface area contributed by atoms with Crippen molar-refractivity contribution in [2.45, 2.75) is 31.7 Å². The zero-order valence-corrected chi connectivity index (χ0v) is 10.2. The molecule has 1 fully saturated rings. The van der Waals surface area contributed by atoms with E-state index in [1.165, 1.54) is 25.3 Å². The summed E-state index contributed by atoms with van der Waals surface area (Å²) >= 11 is 1.76. The largest absolute Gasteiger partial charge is 0.351 e. The maximum absolute atomic E-state index is 10.2. The smallest absolute Gasteiger partial charge is 0.290 e. The van der Waals surface area contributed by atoms with E-state index in [0.29, 0.717) is 12.0 Å². The van der Waals surface area contributed by atoms with Crippen LogP contribution in [0, 0.1) is 5.92 Å². The van der Waals surface area contributed by atoms with E-state index in [1.54, 1.807) is 11.8 Å². The van der Waals surface area contributed by atoms with E-state index < -0.39 is 0 Å². The molecule has 0 atom stereocenters. The average Bonchev–Trinajstić information content (AvgIpc) is 2.29. The van der Waals surface area contributed by atoms with E-state index in [-0.39, 0.29) is 0 Å². The zero-order valence-electron chi connectivity index (χ0n) is 9.40. The van der Waals surface area contributed by atoms with Gasteiger partial charge in [-0.05, 0) is 38.0 Å². The second kappa shape index (κ2) is 7.07. The third-order valence-electron chi connectivity index (χ3n) is 2.91. The van der Waals surface area contributed by atoms with Crippen molar-refractivity contribution < 1.29 is 4.79 Å². The van der Waals surface area contributed by atoms with Crippen LogP contribution in [0.1, 0.15) is 25.7 Å². The van der Waals surface area contributed by atoms with Gasteiger partial charge in [0.1, 0.15) is 0 Å². The molecule has 0 aliphatic heterocycles. The summed E-state index contributed by atoms with van der Waals surface area (Å²) in [5, 5.41) is 4.40. The Labute approximate surface area is 96.8 Å². The van der Waals surface area contributed by atoms with Gasteiger partial charge in [-0.3, -0.25) is 4.99 Å². The SMILES string of the molecule is CN=C(SC)C1CCC(N[B]C=O)CC1. The maximum atomic E-state index is 10.2. The Balaban J connectivity index is 2.32. The van der Waals surface area contributed by atoms with Gasteiger partial charge in [-0.2, -0.15) is 0 Å². The maximum Gasteiger partial charge on any atom is 0.290 e. The molecule has 15 heavy (non-hydrogen) atoms. The highest BCUT2D eigenvalue weighted by atomic mass is 32.2. The number of aliphatic imine (C=N–C) groups is 1. The van der Waals surface area contributed by atoms with Gasteiger partial charge >= 0.3 is 0 Å². The van der Waals surface area contributed by atoms with Gasteiger partial charge in [0.2, 0.25) is 0 Å². The van der Waals surface area contributed by atoms with E-state index in [2.05, 4.69) is 16.5 Å². The first-order valence-corrected chi connectivity index (χ1v) is 6.58. The van der Waals surface area contributed by atoms with Crippen LogP contribution in [-0.2, 0) is 4.79 Å². The molecule has 0 unspecified atom stereocenters. The van der Waals surface area contributed by atoms with Crippen molar-refractivity contribution in [1.82, 2.24) is 5.23 Å². The molecule has 0 heterocycles. The van der Waals surface area contributed by atoms with Gasteiger partial charge in [-0.15, -0.1) is 11.8 Å². The number of hydrogen-bond acceptors (Lipinski definition) is 4. The lowest BCUT2D eigenvalue weighted by molar-refractivity contribution is 0.376. The zero-order chi connectivity index (χ0) is 11.1.